The lowest BCUT2D eigenvalue weighted by Gasteiger charge is -2.60. The van der Waals surface area contributed by atoms with Crippen molar-refractivity contribution in [2.24, 2.45) is 29.6 Å². The molecule has 6 aliphatic rings. The van der Waals surface area contributed by atoms with E-state index < -0.39 is 17.9 Å². The van der Waals surface area contributed by atoms with E-state index in [-0.39, 0.29) is 17.6 Å². The highest BCUT2D eigenvalue weighted by Gasteiger charge is 2.64. The van der Waals surface area contributed by atoms with Crippen molar-refractivity contribution >= 4 is 11.6 Å². The van der Waals surface area contributed by atoms with Crippen LogP contribution in [0.5, 0.6) is 5.75 Å². The molecule has 1 aromatic carbocycles. The second kappa shape index (κ2) is 8.61. The van der Waals surface area contributed by atoms with Gasteiger partial charge in [0.2, 0.25) is 17.5 Å². The van der Waals surface area contributed by atoms with Crippen molar-refractivity contribution in [2.45, 2.75) is 82.1 Å². The van der Waals surface area contributed by atoms with E-state index >= 15 is 0 Å². The molecule has 5 saturated carbocycles. The van der Waals surface area contributed by atoms with Crippen LogP contribution in [0.1, 0.15) is 64.2 Å². The van der Waals surface area contributed by atoms with Crippen LogP contribution >= 0.6 is 0 Å². The summed E-state index contributed by atoms with van der Waals surface area (Å²) >= 11 is 0. The van der Waals surface area contributed by atoms with E-state index in [0.29, 0.717) is 49.6 Å². The van der Waals surface area contributed by atoms with Crippen LogP contribution in [0, 0.1) is 29.6 Å². The van der Waals surface area contributed by atoms with Crippen molar-refractivity contribution in [1.82, 2.24) is 0 Å². The molecule has 1 amide bonds. The highest BCUT2D eigenvalue weighted by molar-refractivity contribution is 5.90. The number of anilines is 1. The maximum absolute atomic E-state index is 12.5. The number of benzene rings is 1. The van der Waals surface area contributed by atoms with Crippen LogP contribution in [-0.4, -0.2) is 23.8 Å². The molecule has 7 rings (SSSR count). The molecular weight excluding hydrogens is 467 g/mol. The fourth-order valence-electron chi connectivity index (χ4n) is 7.13. The molecule has 2 spiro atoms. The van der Waals surface area contributed by atoms with Crippen LogP contribution in [0.15, 0.2) is 24.3 Å². The summed E-state index contributed by atoms with van der Waals surface area (Å²) in [6, 6.07) is 5.10. The average Bonchev–Trinajstić information content (AvgIpc) is 2.80. The molecule has 0 unspecified atom stereocenters. The van der Waals surface area contributed by atoms with Gasteiger partial charge in [0.15, 0.2) is 0 Å². The van der Waals surface area contributed by atoms with Gasteiger partial charge in [0, 0.05) is 36.8 Å². The van der Waals surface area contributed by atoms with Crippen LogP contribution in [0.25, 0.3) is 0 Å². The average molecular weight is 498 g/mol. The van der Waals surface area contributed by atoms with Gasteiger partial charge in [-0.25, -0.2) is 0 Å². The largest absolute Gasteiger partial charge is 0.573 e. The molecule has 1 saturated heterocycles. The third-order valence-corrected chi connectivity index (χ3v) is 8.64. The number of carbonyl (C=O) groups excluding carboxylic acids is 1. The molecule has 5 aliphatic carbocycles. The zero-order valence-electron chi connectivity index (χ0n) is 19.4. The predicted octanol–water partition coefficient (Wildman–Crippen LogP) is 5.86. The molecule has 0 radical (unpaired) electrons. The minimum absolute atomic E-state index is 0.137. The lowest BCUT2D eigenvalue weighted by Crippen LogP contribution is -2.64. The summed E-state index contributed by atoms with van der Waals surface area (Å²) in [7, 11) is 0. The number of hydrogen-bond acceptors (Lipinski definition) is 6. The first-order chi connectivity index (χ1) is 16.7. The molecule has 35 heavy (non-hydrogen) atoms. The van der Waals surface area contributed by atoms with Gasteiger partial charge in [-0.3, -0.25) is 4.79 Å². The summed E-state index contributed by atoms with van der Waals surface area (Å²) in [4.78, 5) is 36.5. The monoisotopic (exact) mass is 497 g/mol. The molecule has 0 atom stereocenters. The topological polar surface area (TPSA) is 75.3 Å². The van der Waals surface area contributed by atoms with Crippen molar-refractivity contribution in [2.75, 3.05) is 5.32 Å². The van der Waals surface area contributed by atoms with Crippen LogP contribution in [0.3, 0.4) is 0 Å². The Kier molecular flexibility index (Phi) is 5.78. The second-order valence-electron chi connectivity index (χ2n) is 11.0. The van der Waals surface area contributed by atoms with Gasteiger partial charge in [-0.05, 0) is 87.0 Å². The van der Waals surface area contributed by atoms with Crippen molar-refractivity contribution < 1.29 is 42.3 Å². The summed E-state index contributed by atoms with van der Waals surface area (Å²) in [5.74, 6) is 0.115. The minimum Gasteiger partial charge on any atom is -0.406 e. The normalized spacial score (nSPS) is 40.3. The molecule has 1 heterocycles. The first kappa shape index (κ1) is 23.5. The van der Waals surface area contributed by atoms with Crippen molar-refractivity contribution in [3.05, 3.63) is 24.3 Å². The Hall–Kier alpha value is -1.88. The Balaban J connectivity index is 0.976. The maximum atomic E-state index is 12.5. The highest BCUT2D eigenvalue weighted by atomic mass is 19.4. The molecule has 7 nitrogen and oxygen atoms in total. The Bertz CT molecular complexity index is 904. The quantitative estimate of drug-likeness (QED) is 0.525. The van der Waals surface area contributed by atoms with Crippen LogP contribution in [-0.2, 0) is 24.3 Å². The van der Waals surface area contributed by atoms with Crippen LogP contribution < -0.4 is 10.1 Å². The minimum atomic E-state index is -4.75. The molecule has 6 fully saturated rings. The number of amides is 1. The van der Waals surface area contributed by atoms with E-state index in [1.807, 2.05) is 0 Å². The third kappa shape index (κ3) is 4.65. The molecule has 1 aromatic rings. The Morgan fingerprint density at radius 3 is 2.03 bits per heavy atom. The zero-order chi connectivity index (χ0) is 24.3. The summed E-state index contributed by atoms with van der Waals surface area (Å²) in [6.07, 6.45) is 3.88. The number of nitrogens with one attached hydrogen (secondary N) is 1. The van der Waals surface area contributed by atoms with Gasteiger partial charge in [0.25, 0.3) is 0 Å². The third-order valence-electron chi connectivity index (χ3n) is 8.64. The number of hydrogen-bond donors (Lipinski definition) is 1. The molecule has 1 aliphatic heterocycles. The lowest BCUT2D eigenvalue weighted by molar-refractivity contribution is -0.680. The highest BCUT2D eigenvalue weighted by Crippen LogP contribution is 2.62. The van der Waals surface area contributed by atoms with Gasteiger partial charge in [-0.1, -0.05) is 0 Å². The molecule has 192 valence electrons. The molecule has 1 N–H and O–H groups in total. The smallest absolute Gasteiger partial charge is 0.406 e. The number of halogens is 3. The Morgan fingerprint density at radius 2 is 1.49 bits per heavy atom. The Labute approximate surface area is 201 Å². The molecule has 10 heteroatoms. The number of alkyl halides is 3. The summed E-state index contributed by atoms with van der Waals surface area (Å²) in [5, 5.41) is 2.73. The van der Waals surface area contributed by atoms with Crippen molar-refractivity contribution in [3.8, 4) is 5.75 Å². The summed E-state index contributed by atoms with van der Waals surface area (Å²) in [5.41, 5.74) is 0.415. The Morgan fingerprint density at radius 1 is 0.914 bits per heavy atom. The van der Waals surface area contributed by atoms with E-state index in [0.717, 1.165) is 37.5 Å². The van der Waals surface area contributed by atoms with Crippen LogP contribution in [0.2, 0.25) is 0 Å². The van der Waals surface area contributed by atoms with Crippen molar-refractivity contribution in [1.29, 1.82) is 0 Å². The lowest BCUT2D eigenvalue weighted by atomic mass is 9.53. The van der Waals surface area contributed by atoms with Crippen LogP contribution in [0.4, 0.5) is 18.9 Å². The molecule has 0 aromatic heterocycles. The second-order valence-corrected chi connectivity index (χ2v) is 11.0. The van der Waals surface area contributed by atoms with E-state index in [2.05, 4.69) is 10.1 Å². The maximum Gasteiger partial charge on any atom is 0.573 e. The predicted molar refractivity (Wildman–Crippen MR) is 115 cm³/mol. The van der Waals surface area contributed by atoms with Gasteiger partial charge < -0.3 is 10.1 Å². The van der Waals surface area contributed by atoms with Gasteiger partial charge >= 0.3 is 6.36 Å². The summed E-state index contributed by atoms with van der Waals surface area (Å²) in [6.45, 7) is 0. The number of ether oxygens (including phenoxy) is 1. The van der Waals surface area contributed by atoms with Crippen molar-refractivity contribution in [3.63, 3.8) is 0 Å². The fourth-order valence-corrected chi connectivity index (χ4v) is 7.13. The fraction of sp³-hybridized carbons (Fsp3) is 0.720. The van der Waals surface area contributed by atoms with E-state index in [1.165, 1.54) is 30.7 Å². The van der Waals surface area contributed by atoms with E-state index in [9.17, 15) is 18.0 Å². The zero-order valence-corrected chi connectivity index (χ0v) is 19.4. The number of carbonyl (C=O) groups is 1. The molecular formula is C25H30F3NO6. The number of rotatable bonds is 4. The van der Waals surface area contributed by atoms with Gasteiger partial charge in [-0.2, -0.15) is 19.6 Å². The molecule has 4 bridgehead atoms. The standard InChI is InChI=1S/C25H30F3NO6/c26-25(27,28)31-21-3-1-20(2-4-21)29-22(30)14-15-5-7-23(8-6-15)32-34-24(35-33-23)18-10-16-9-17(12-18)13-19(24)11-16/h1-4,15-19H,5-14H2,(H,29,30). The first-order valence-corrected chi connectivity index (χ1v) is 12.6. The summed E-state index contributed by atoms with van der Waals surface area (Å²) < 4.78 is 40.7. The first-order valence-electron chi connectivity index (χ1n) is 12.6. The van der Waals surface area contributed by atoms with E-state index in [4.69, 9.17) is 19.6 Å². The van der Waals surface area contributed by atoms with Gasteiger partial charge in [0.05, 0.1) is 0 Å². The van der Waals surface area contributed by atoms with E-state index in [1.54, 1.807) is 0 Å². The SMILES string of the molecule is O=C(CC1CCC2(CC1)OOC1(OO2)C2CC3CC(C2)CC1C3)Nc1ccc(OC(F)(F)F)cc1. The van der Waals surface area contributed by atoms with Gasteiger partial charge in [-0.15, -0.1) is 13.2 Å². The van der Waals surface area contributed by atoms with Gasteiger partial charge in [0.1, 0.15) is 5.75 Å².